The van der Waals surface area contributed by atoms with Gasteiger partial charge < -0.3 is 9.84 Å². The first-order chi connectivity index (χ1) is 7.78. The molecule has 1 N–H and O–H groups in total. The Hall–Kier alpha value is -0.550. The Labute approximate surface area is 99.6 Å². The Balaban J connectivity index is 1.81. The first-order valence-corrected chi connectivity index (χ1v) is 7.06. The van der Waals surface area contributed by atoms with Crippen LogP contribution in [0.1, 0.15) is 37.4 Å². The van der Waals surface area contributed by atoms with E-state index in [1.165, 1.54) is 5.75 Å². The van der Waals surface area contributed by atoms with Gasteiger partial charge in [-0.15, -0.1) is 0 Å². The second-order valence-electron chi connectivity index (χ2n) is 5.01. The summed E-state index contributed by atoms with van der Waals surface area (Å²) in [5.41, 5.74) is 0.113. The summed E-state index contributed by atoms with van der Waals surface area (Å²) in [6.45, 7) is 4.29. The van der Waals surface area contributed by atoms with Crippen molar-refractivity contribution in [3.8, 4) is 0 Å². The molecule has 1 aromatic heterocycles. The highest BCUT2D eigenvalue weighted by atomic mass is 32.2. The van der Waals surface area contributed by atoms with Gasteiger partial charge in [0.1, 0.15) is 0 Å². The first kappa shape index (κ1) is 10.6. The van der Waals surface area contributed by atoms with Crippen molar-refractivity contribution in [2.45, 2.75) is 31.1 Å². The molecule has 0 saturated carbocycles. The fourth-order valence-corrected chi connectivity index (χ4v) is 3.81. The predicted molar refractivity (Wildman–Crippen MR) is 63.8 cm³/mol. The van der Waals surface area contributed by atoms with Crippen LogP contribution >= 0.6 is 11.8 Å². The van der Waals surface area contributed by atoms with E-state index in [2.05, 4.69) is 22.4 Å². The maximum atomic E-state index is 5.46. The second kappa shape index (κ2) is 4.04. The lowest BCUT2D eigenvalue weighted by molar-refractivity contribution is 0.308. The van der Waals surface area contributed by atoms with E-state index in [0.29, 0.717) is 5.92 Å². The minimum atomic E-state index is 0.113. The number of hydrogen-bond donors (Lipinski definition) is 1. The van der Waals surface area contributed by atoms with Crippen LogP contribution in [0.4, 0.5) is 0 Å². The molecular weight excluding hydrogens is 222 g/mol. The van der Waals surface area contributed by atoms with Crippen LogP contribution in [0, 0.1) is 0 Å². The maximum Gasteiger partial charge on any atom is 0.233 e. The lowest BCUT2D eigenvalue weighted by atomic mass is 9.90. The maximum absolute atomic E-state index is 5.46. The quantitative estimate of drug-likeness (QED) is 0.848. The highest BCUT2D eigenvalue weighted by Gasteiger charge is 2.37. The third-order valence-electron chi connectivity index (χ3n) is 3.60. The number of hydrogen-bond acceptors (Lipinski definition) is 5. The Morgan fingerprint density at radius 3 is 3.19 bits per heavy atom. The SMILES string of the molecule is CC1(c2nc(C3CCNC3)no2)CCSC1. The Kier molecular flexibility index (Phi) is 2.67. The monoisotopic (exact) mass is 239 g/mol. The van der Waals surface area contributed by atoms with Gasteiger partial charge in [0.15, 0.2) is 5.82 Å². The van der Waals surface area contributed by atoms with Crippen molar-refractivity contribution in [2.24, 2.45) is 0 Å². The highest BCUT2D eigenvalue weighted by Crippen LogP contribution is 2.38. The summed E-state index contributed by atoms with van der Waals surface area (Å²) >= 11 is 1.98. The lowest BCUT2D eigenvalue weighted by Gasteiger charge is -2.16. The van der Waals surface area contributed by atoms with E-state index in [4.69, 9.17) is 4.52 Å². The topological polar surface area (TPSA) is 51.0 Å². The average molecular weight is 239 g/mol. The van der Waals surface area contributed by atoms with Gasteiger partial charge in [0, 0.05) is 18.2 Å². The smallest absolute Gasteiger partial charge is 0.233 e. The molecule has 5 heteroatoms. The molecule has 2 unspecified atom stereocenters. The van der Waals surface area contributed by atoms with E-state index in [1.54, 1.807) is 0 Å². The van der Waals surface area contributed by atoms with Crippen LogP contribution < -0.4 is 5.32 Å². The molecule has 0 spiro atoms. The molecule has 2 atom stereocenters. The van der Waals surface area contributed by atoms with Crippen molar-refractivity contribution >= 4 is 11.8 Å². The zero-order chi connectivity index (χ0) is 11.0. The van der Waals surface area contributed by atoms with Crippen molar-refractivity contribution in [1.82, 2.24) is 15.5 Å². The van der Waals surface area contributed by atoms with Crippen LogP contribution in [0.2, 0.25) is 0 Å². The molecule has 3 rings (SSSR count). The van der Waals surface area contributed by atoms with Gasteiger partial charge in [-0.25, -0.2) is 0 Å². The minimum absolute atomic E-state index is 0.113. The van der Waals surface area contributed by atoms with E-state index in [9.17, 15) is 0 Å². The fraction of sp³-hybridized carbons (Fsp3) is 0.818. The average Bonchev–Trinajstić information content (AvgIpc) is 2.98. The second-order valence-corrected chi connectivity index (χ2v) is 6.12. The molecule has 2 aliphatic heterocycles. The summed E-state index contributed by atoms with van der Waals surface area (Å²) in [6.07, 6.45) is 2.28. The summed E-state index contributed by atoms with van der Waals surface area (Å²) < 4.78 is 5.46. The minimum Gasteiger partial charge on any atom is -0.339 e. The van der Waals surface area contributed by atoms with Crippen LogP contribution in [0.25, 0.3) is 0 Å². The molecule has 0 bridgehead atoms. The predicted octanol–water partition coefficient (Wildman–Crippen LogP) is 1.54. The van der Waals surface area contributed by atoms with Crippen LogP contribution in [-0.4, -0.2) is 34.7 Å². The Morgan fingerprint density at radius 2 is 2.50 bits per heavy atom. The van der Waals surface area contributed by atoms with Gasteiger partial charge in [0.2, 0.25) is 5.89 Å². The van der Waals surface area contributed by atoms with E-state index in [0.717, 1.165) is 43.4 Å². The molecule has 2 aliphatic rings. The van der Waals surface area contributed by atoms with Crippen LogP contribution in [0.15, 0.2) is 4.52 Å². The molecule has 88 valence electrons. The molecule has 1 aromatic rings. The molecule has 2 saturated heterocycles. The Morgan fingerprint density at radius 1 is 1.56 bits per heavy atom. The number of thioether (sulfide) groups is 1. The summed E-state index contributed by atoms with van der Waals surface area (Å²) in [4.78, 5) is 4.61. The van der Waals surface area contributed by atoms with Crippen molar-refractivity contribution in [3.05, 3.63) is 11.7 Å². The molecule has 0 radical (unpaired) electrons. The van der Waals surface area contributed by atoms with E-state index in [-0.39, 0.29) is 5.41 Å². The zero-order valence-corrected chi connectivity index (χ0v) is 10.3. The number of nitrogens with zero attached hydrogens (tertiary/aromatic N) is 2. The standard InChI is InChI=1S/C11H17N3OS/c1-11(3-5-16-7-11)10-13-9(14-15-10)8-2-4-12-6-8/h8,12H,2-7H2,1H3. The molecule has 16 heavy (non-hydrogen) atoms. The van der Waals surface area contributed by atoms with Gasteiger partial charge in [-0.05, 0) is 32.1 Å². The third-order valence-corrected chi connectivity index (χ3v) is 4.94. The normalized spacial score (nSPS) is 34.7. The van der Waals surface area contributed by atoms with Gasteiger partial charge in [-0.3, -0.25) is 0 Å². The van der Waals surface area contributed by atoms with Crippen molar-refractivity contribution < 1.29 is 4.52 Å². The summed E-state index contributed by atoms with van der Waals surface area (Å²) in [5, 5.41) is 7.49. The van der Waals surface area contributed by atoms with Crippen molar-refractivity contribution in [2.75, 3.05) is 24.6 Å². The zero-order valence-electron chi connectivity index (χ0n) is 9.53. The molecule has 0 aliphatic carbocycles. The van der Waals surface area contributed by atoms with Gasteiger partial charge in [-0.2, -0.15) is 16.7 Å². The molecule has 0 aromatic carbocycles. The molecule has 2 fully saturated rings. The van der Waals surface area contributed by atoms with Gasteiger partial charge in [0.25, 0.3) is 0 Å². The number of nitrogens with one attached hydrogen (secondary N) is 1. The fourth-order valence-electron chi connectivity index (χ4n) is 2.36. The van der Waals surface area contributed by atoms with E-state index >= 15 is 0 Å². The third kappa shape index (κ3) is 1.76. The Bertz CT molecular complexity index is 367. The van der Waals surface area contributed by atoms with E-state index in [1.807, 2.05) is 11.8 Å². The van der Waals surface area contributed by atoms with E-state index < -0.39 is 0 Å². The lowest BCUT2D eigenvalue weighted by Crippen LogP contribution is -2.21. The molecule has 0 amide bonds. The van der Waals surface area contributed by atoms with Gasteiger partial charge in [0.05, 0.1) is 5.41 Å². The molecular formula is C11H17N3OS. The molecule has 3 heterocycles. The largest absolute Gasteiger partial charge is 0.339 e. The number of rotatable bonds is 2. The van der Waals surface area contributed by atoms with Crippen LogP contribution in [-0.2, 0) is 5.41 Å². The summed E-state index contributed by atoms with van der Waals surface area (Å²) in [5.74, 6) is 4.52. The summed E-state index contributed by atoms with van der Waals surface area (Å²) in [6, 6.07) is 0. The molecule has 4 nitrogen and oxygen atoms in total. The van der Waals surface area contributed by atoms with Crippen LogP contribution in [0.3, 0.4) is 0 Å². The highest BCUT2D eigenvalue weighted by molar-refractivity contribution is 7.99. The first-order valence-electron chi connectivity index (χ1n) is 5.90. The van der Waals surface area contributed by atoms with Crippen molar-refractivity contribution in [3.63, 3.8) is 0 Å². The van der Waals surface area contributed by atoms with Crippen LogP contribution in [0.5, 0.6) is 0 Å². The van der Waals surface area contributed by atoms with Gasteiger partial charge in [-0.1, -0.05) is 5.16 Å². The number of aromatic nitrogens is 2. The summed E-state index contributed by atoms with van der Waals surface area (Å²) in [7, 11) is 0. The van der Waals surface area contributed by atoms with Gasteiger partial charge >= 0.3 is 0 Å². The van der Waals surface area contributed by atoms with Crippen molar-refractivity contribution in [1.29, 1.82) is 0 Å².